The van der Waals surface area contributed by atoms with Crippen LogP contribution in [0.25, 0.3) is 17.0 Å². The molecule has 1 saturated heterocycles. The molecule has 2 aliphatic heterocycles. The molecule has 2 unspecified atom stereocenters. The van der Waals surface area contributed by atoms with E-state index in [0.29, 0.717) is 23.4 Å². The molecule has 5 rings (SSSR count). The molecule has 2 aliphatic rings. The Morgan fingerprint density at radius 3 is 2.72 bits per heavy atom. The van der Waals surface area contributed by atoms with Crippen LogP contribution in [0.4, 0.5) is 0 Å². The van der Waals surface area contributed by atoms with Crippen LogP contribution in [0.3, 0.4) is 0 Å². The van der Waals surface area contributed by atoms with Crippen molar-refractivity contribution in [2.24, 2.45) is 0 Å². The zero-order valence-corrected chi connectivity index (χ0v) is 19.1. The Bertz CT molecular complexity index is 1150. The van der Waals surface area contributed by atoms with E-state index in [1.54, 1.807) is 0 Å². The van der Waals surface area contributed by atoms with Crippen LogP contribution >= 0.6 is 12.2 Å². The van der Waals surface area contributed by atoms with Crippen molar-refractivity contribution in [3.05, 3.63) is 77.3 Å². The minimum Gasteiger partial charge on any atom is -0.376 e. The minimum atomic E-state index is -0.171. The van der Waals surface area contributed by atoms with Gasteiger partial charge in [0, 0.05) is 17.9 Å². The standard InChI is InChI=1S/C25H26N4O2S/c1-16-8-6-11-19(14-16)23-27-24(31-28-23)21-17(2)29(15-20-12-7-13-30-20)25(32)26-22(21)18-9-4-3-5-10-18/h3-6,8-11,14,20,22H,7,12-13,15H2,1-2H3,(H,26,32). The summed E-state index contributed by atoms with van der Waals surface area (Å²) in [6.45, 7) is 5.65. The van der Waals surface area contributed by atoms with Gasteiger partial charge in [-0.05, 0) is 50.5 Å². The summed E-state index contributed by atoms with van der Waals surface area (Å²) in [6.07, 6.45) is 2.30. The first kappa shape index (κ1) is 20.8. The second-order valence-electron chi connectivity index (χ2n) is 8.33. The summed E-state index contributed by atoms with van der Waals surface area (Å²) in [4.78, 5) is 6.89. The Hall–Kier alpha value is -3.03. The Kier molecular flexibility index (Phi) is 5.76. The van der Waals surface area contributed by atoms with Crippen molar-refractivity contribution in [1.82, 2.24) is 20.4 Å². The zero-order chi connectivity index (χ0) is 22.1. The predicted octanol–water partition coefficient (Wildman–Crippen LogP) is 4.89. The van der Waals surface area contributed by atoms with Gasteiger partial charge in [-0.1, -0.05) is 59.3 Å². The quantitative estimate of drug-likeness (QED) is 0.560. The van der Waals surface area contributed by atoms with Gasteiger partial charge in [-0.25, -0.2) is 0 Å². The number of nitrogens with one attached hydrogen (secondary N) is 1. The molecule has 1 aromatic heterocycles. The van der Waals surface area contributed by atoms with E-state index in [2.05, 4.69) is 53.5 Å². The topological polar surface area (TPSA) is 63.4 Å². The molecule has 164 valence electrons. The summed E-state index contributed by atoms with van der Waals surface area (Å²) in [7, 11) is 0. The average Bonchev–Trinajstić information content (AvgIpc) is 3.49. The van der Waals surface area contributed by atoms with Crippen molar-refractivity contribution < 1.29 is 9.26 Å². The third-order valence-corrected chi connectivity index (χ3v) is 6.41. The first-order chi connectivity index (χ1) is 15.6. The van der Waals surface area contributed by atoms with Gasteiger partial charge in [0.15, 0.2) is 5.11 Å². The second kappa shape index (κ2) is 8.84. The molecule has 0 spiro atoms. The van der Waals surface area contributed by atoms with Gasteiger partial charge in [0.05, 0.1) is 24.3 Å². The monoisotopic (exact) mass is 446 g/mol. The van der Waals surface area contributed by atoms with Gasteiger partial charge < -0.3 is 19.5 Å². The van der Waals surface area contributed by atoms with E-state index in [9.17, 15) is 0 Å². The number of thiocarbonyl (C=S) groups is 1. The average molecular weight is 447 g/mol. The maximum Gasteiger partial charge on any atom is 0.258 e. The van der Waals surface area contributed by atoms with Gasteiger partial charge in [-0.3, -0.25) is 0 Å². The molecular formula is C25H26N4O2S. The molecule has 2 aromatic carbocycles. The Labute approximate surface area is 193 Å². The molecule has 0 aliphatic carbocycles. The van der Waals surface area contributed by atoms with E-state index >= 15 is 0 Å². The lowest BCUT2D eigenvalue weighted by Gasteiger charge is -2.38. The minimum absolute atomic E-state index is 0.171. The molecule has 1 fully saturated rings. The van der Waals surface area contributed by atoms with Gasteiger partial charge in [-0.15, -0.1) is 0 Å². The van der Waals surface area contributed by atoms with Crippen molar-refractivity contribution in [1.29, 1.82) is 0 Å². The molecule has 0 radical (unpaired) electrons. The van der Waals surface area contributed by atoms with Crippen molar-refractivity contribution in [3.63, 3.8) is 0 Å². The summed E-state index contributed by atoms with van der Waals surface area (Å²) in [5.74, 6) is 1.08. The third kappa shape index (κ3) is 4.06. The number of nitrogens with zero attached hydrogens (tertiary/aromatic N) is 3. The number of hydrogen-bond donors (Lipinski definition) is 1. The predicted molar refractivity (Wildman–Crippen MR) is 128 cm³/mol. The molecule has 6 nitrogen and oxygen atoms in total. The summed E-state index contributed by atoms with van der Waals surface area (Å²) in [5, 5.41) is 8.49. The van der Waals surface area contributed by atoms with Crippen LogP contribution in [0, 0.1) is 6.92 Å². The molecule has 32 heavy (non-hydrogen) atoms. The fourth-order valence-electron chi connectivity index (χ4n) is 4.40. The van der Waals surface area contributed by atoms with Gasteiger partial charge in [0.2, 0.25) is 5.82 Å². The Morgan fingerprint density at radius 1 is 1.12 bits per heavy atom. The lowest BCUT2D eigenvalue weighted by atomic mass is 9.94. The number of ether oxygens (including phenoxy) is 1. The number of benzene rings is 2. The summed E-state index contributed by atoms with van der Waals surface area (Å²) in [5.41, 5.74) is 5.13. The van der Waals surface area contributed by atoms with E-state index < -0.39 is 0 Å². The molecule has 0 amide bonds. The normalized spacial score (nSPS) is 21.2. The van der Waals surface area contributed by atoms with E-state index in [1.165, 1.54) is 0 Å². The maximum absolute atomic E-state index is 5.87. The number of rotatable bonds is 5. The number of allylic oxidation sites excluding steroid dienone is 1. The van der Waals surface area contributed by atoms with Crippen molar-refractivity contribution >= 4 is 22.9 Å². The first-order valence-electron chi connectivity index (χ1n) is 11.0. The van der Waals surface area contributed by atoms with Gasteiger partial charge in [0.1, 0.15) is 0 Å². The van der Waals surface area contributed by atoms with Gasteiger partial charge in [0.25, 0.3) is 5.89 Å². The third-order valence-electron chi connectivity index (χ3n) is 6.07. The molecule has 1 N–H and O–H groups in total. The van der Waals surface area contributed by atoms with Crippen molar-refractivity contribution in [3.8, 4) is 11.4 Å². The number of hydrogen-bond acceptors (Lipinski definition) is 5. The molecule has 0 bridgehead atoms. The highest BCUT2D eigenvalue weighted by Gasteiger charge is 2.35. The highest BCUT2D eigenvalue weighted by atomic mass is 32.1. The van der Waals surface area contributed by atoms with Crippen molar-refractivity contribution in [2.75, 3.05) is 13.2 Å². The Morgan fingerprint density at radius 2 is 1.97 bits per heavy atom. The van der Waals surface area contributed by atoms with Crippen LogP contribution in [0.15, 0.2) is 64.8 Å². The van der Waals surface area contributed by atoms with Crippen molar-refractivity contribution in [2.45, 2.75) is 38.8 Å². The smallest absolute Gasteiger partial charge is 0.258 e. The fourth-order valence-corrected chi connectivity index (χ4v) is 4.73. The highest BCUT2D eigenvalue weighted by molar-refractivity contribution is 7.80. The summed E-state index contributed by atoms with van der Waals surface area (Å²) in [6, 6.07) is 18.2. The largest absolute Gasteiger partial charge is 0.376 e. The van der Waals surface area contributed by atoms with E-state index in [1.807, 2.05) is 30.3 Å². The first-order valence-corrected chi connectivity index (χ1v) is 11.4. The molecule has 2 atom stereocenters. The van der Waals surface area contributed by atoms with Gasteiger partial charge in [-0.2, -0.15) is 4.98 Å². The summed E-state index contributed by atoms with van der Waals surface area (Å²) >= 11 is 5.77. The molecular weight excluding hydrogens is 420 g/mol. The molecule has 7 heteroatoms. The van der Waals surface area contributed by atoms with E-state index in [-0.39, 0.29) is 12.1 Å². The highest BCUT2D eigenvalue weighted by Crippen LogP contribution is 2.37. The molecule has 3 aromatic rings. The van der Waals surface area contributed by atoms with Gasteiger partial charge >= 0.3 is 0 Å². The zero-order valence-electron chi connectivity index (χ0n) is 18.2. The van der Waals surface area contributed by atoms with Crippen LogP contribution in [-0.4, -0.2) is 39.4 Å². The lowest BCUT2D eigenvalue weighted by molar-refractivity contribution is 0.0962. The van der Waals surface area contributed by atoms with Crippen LogP contribution < -0.4 is 5.32 Å². The second-order valence-corrected chi connectivity index (χ2v) is 8.72. The van der Waals surface area contributed by atoms with E-state index in [0.717, 1.165) is 47.4 Å². The maximum atomic E-state index is 5.87. The Balaban J connectivity index is 1.57. The van der Waals surface area contributed by atoms with Crippen LogP contribution in [0.1, 0.15) is 42.8 Å². The van der Waals surface area contributed by atoms with Crippen LogP contribution in [0.5, 0.6) is 0 Å². The molecule has 3 heterocycles. The number of aryl methyl sites for hydroxylation is 1. The van der Waals surface area contributed by atoms with E-state index in [4.69, 9.17) is 26.5 Å². The fraction of sp³-hybridized carbons (Fsp3) is 0.320. The van der Waals surface area contributed by atoms with Crippen LogP contribution in [-0.2, 0) is 4.74 Å². The molecule has 0 saturated carbocycles. The number of aromatic nitrogens is 2. The van der Waals surface area contributed by atoms with Crippen LogP contribution in [0.2, 0.25) is 0 Å². The summed E-state index contributed by atoms with van der Waals surface area (Å²) < 4.78 is 11.7. The lowest BCUT2D eigenvalue weighted by Crippen LogP contribution is -2.48. The SMILES string of the molecule is CC1=C(c2nc(-c3cccc(C)c3)no2)C(c2ccccc2)NC(=S)N1CC1CCCO1.